The number of carbonyl (C=O) groups excluding carboxylic acids is 1. The third kappa shape index (κ3) is 2.68. The van der Waals surface area contributed by atoms with Gasteiger partial charge in [0.2, 0.25) is 5.91 Å². The Kier molecular flexibility index (Phi) is 3.31. The molecule has 0 fully saturated rings. The van der Waals surface area contributed by atoms with Crippen molar-refractivity contribution in [1.82, 2.24) is 19.7 Å². The summed E-state index contributed by atoms with van der Waals surface area (Å²) in [7, 11) is 0. The standard InChI is InChI=1S/C18H16N4O/c23-18(9-13-10-19-16-6-2-1-5-15(13)16)20-11-14-12-22-8-4-3-7-17(22)21-14/h1-8,10,12,19H,9,11H2,(H,20,23). The Morgan fingerprint density at radius 2 is 2.04 bits per heavy atom. The molecule has 4 aromatic rings. The zero-order chi connectivity index (χ0) is 15.6. The van der Waals surface area contributed by atoms with Gasteiger partial charge in [-0.25, -0.2) is 4.98 Å². The Balaban J connectivity index is 1.43. The number of amides is 1. The van der Waals surface area contributed by atoms with Crippen molar-refractivity contribution in [2.75, 3.05) is 0 Å². The topological polar surface area (TPSA) is 62.2 Å². The average molecular weight is 304 g/mol. The van der Waals surface area contributed by atoms with Crippen LogP contribution in [-0.2, 0) is 17.8 Å². The van der Waals surface area contributed by atoms with Gasteiger partial charge in [0.05, 0.1) is 18.7 Å². The van der Waals surface area contributed by atoms with Crippen LogP contribution in [0.25, 0.3) is 16.6 Å². The Morgan fingerprint density at radius 1 is 1.17 bits per heavy atom. The van der Waals surface area contributed by atoms with E-state index in [1.807, 2.05) is 65.5 Å². The Hall–Kier alpha value is -3.08. The summed E-state index contributed by atoms with van der Waals surface area (Å²) in [6.45, 7) is 0.433. The van der Waals surface area contributed by atoms with Gasteiger partial charge in [0.1, 0.15) is 5.65 Å². The summed E-state index contributed by atoms with van der Waals surface area (Å²) in [6, 6.07) is 13.8. The number of H-pyrrole nitrogens is 1. The minimum absolute atomic E-state index is 0.00758. The minimum Gasteiger partial charge on any atom is -0.361 e. The molecule has 2 N–H and O–H groups in total. The molecular weight excluding hydrogens is 288 g/mol. The molecule has 1 amide bonds. The molecule has 0 spiro atoms. The van der Waals surface area contributed by atoms with Crippen LogP contribution in [0.2, 0.25) is 0 Å². The molecule has 0 aliphatic carbocycles. The monoisotopic (exact) mass is 304 g/mol. The molecule has 0 saturated heterocycles. The maximum absolute atomic E-state index is 12.2. The van der Waals surface area contributed by atoms with Crippen molar-refractivity contribution in [2.45, 2.75) is 13.0 Å². The predicted molar refractivity (Wildman–Crippen MR) is 89.0 cm³/mol. The second-order valence-electron chi connectivity index (χ2n) is 5.51. The third-order valence-electron chi connectivity index (χ3n) is 3.91. The fourth-order valence-corrected chi connectivity index (χ4v) is 2.77. The highest BCUT2D eigenvalue weighted by Crippen LogP contribution is 2.18. The van der Waals surface area contributed by atoms with E-state index in [1.54, 1.807) is 0 Å². The summed E-state index contributed by atoms with van der Waals surface area (Å²) < 4.78 is 1.95. The molecule has 0 radical (unpaired) electrons. The van der Waals surface area contributed by atoms with Gasteiger partial charge in [-0.15, -0.1) is 0 Å². The Morgan fingerprint density at radius 3 is 2.96 bits per heavy atom. The summed E-state index contributed by atoms with van der Waals surface area (Å²) >= 11 is 0. The number of para-hydroxylation sites is 1. The van der Waals surface area contributed by atoms with Crippen LogP contribution in [0.15, 0.2) is 61.1 Å². The van der Waals surface area contributed by atoms with E-state index in [4.69, 9.17) is 0 Å². The fraction of sp³-hybridized carbons (Fsp3) is 0.111. The van der Waals surface area contributed by atoms with E-state index in [1.165, 1.54) is 0 Å². The van der Waals surface area contributed by atoms with Gasteiger partial charge in [-0.1, -0.05) is 24.3 Å². The number of pyridine rings is 1. The minimum atomic E-state index is -0.00758. The number of fused-ring (bicyclic) bond motifs is 2. The summed E-state index contributed by atoms with van der Waals surface area (Å²) in [5.74, 6) is -0.00758. The lowest BCUT2D eigenvalue weighted by molar-refractivity contribution is -0.120. The second-order valence-corrected chi connectivity index (χ2v) is 5.51. The number of hydrogen-bond acceptors (Lipinski definition) is 2. The van der Waals surface area contributed by atoms with Gasteiger partial charge in [-0.3, -0.25) is 4.79 Å². The molecule has 23 heavy (non-hydrogen) atoms. The summed E-state index contributed by atoms with van der Waals surface area (Å²) in [6.07, 6.45) is 6.13. The van der Waals surface area contributed by atoms with Crippen molar-refractivity contribution in [1.29, 1.82) is 0 Å². The highest BCUT2D eigenvalue weighted by atomic mass is 16.1. The van der Waals surface area contributed by atoms with Crippen molar-refractivity contribution in [3.63, 3.8) is 0 Å². The molecule has 0 saturated carbocycles. The SMILES string of the molecule is O=C(Cc1c[nH]c2ccccc12)NCc1cn2ccccc2n1. The molecular formula is C18H16N4O. The largest absolute Gasteiger partial charge is 0.361 e. The van der Waals surface area contributed by atoms with Gasteiger partial charge in [-0.2, -0.15) is 0 Å². The summed E-state index contributed by atoms with van der Waals surface area (Å²) in [5, 5.41) is 4.03. The van der Waals surface area contributed by atoms with Crippen LogP contribution in [0.1, 0.15) is 11.3 Å². The molecule has 0 aliphatic rings. The molecule has 0 unspecified atom stereocenters. The highest BCUT2D eigenvalue weighted by Gasteiger charge is 2.09. The number of aromatic amines is 1. The lowest BCUT2D eigenvalue weighted by Gasteiger charge is -2.02. The zero-order valence-electron chi connectivity index (χ0n) is 12.5. The van der Waals surface area contributed by atoms with Crippen LogP contribution in [0, 0.1) is 0 Å². The molecule has 3 aromatic heterocycles. The van der Waals surface area contributed by atoms with Crippen molar-refractivity contribution >= 4 is 22.5 Å². The number of nitrogens with one attached hydrogen (secondary N) is 2. The molecule has 3 heterocycles. The lowest BCUT2D eigenvalue weighted by Crippen LogP contribution is -2.24. The first-order valence-corrected chi connectivity index (χ1v) is 7.54. The van der Waals surface area contributed by atoms with E-state index in [0.717, 1.165) is 27.8 Å². The first kappa shape index (κ1) is 13.6. The maximum atomic E-state index is 12.2. The number of rotatable bonds is 4. The molecule has 5 heteroatoms. The van der Waals surface area contributed by atoms with Gasteiger partial charge >= 0.3 is 0 Å². The Bertz CT molecular complexity index is 950. The second kappa shape index (κ2) is 5.61. The van der Waals surface area contributed by atoms with Gasteiger partial charge in [0.15, 0.2) is 0 Å². The molecule has 114 valence electrons. The first-order valence-electron chi connectivity index (χ1n) is 7.54. The van der Waals surface area contributed by atoms with E-state index >= 15 is 0 Å². The molecule has 0 aliphatic heterocycles. The molecule has 1 aromatic carbocycles. The quantitative estimate of drug-likeness (QED) is 0.609. The molecule has 0 bridgehead atoms. The first-order chi connectivity index (χ1) is 11.3. The van der Waals surface area contributed by atoms with Crippen LogP contribution >= 0.6 is 0 Å². The number of nitrogens with zero attached hydrogens (tertiary/aromatic N) is 2. The van der Waals surface area contributed by atoms with E-state index in [9.17, 15) is 4.79 Å². The average Bonchev–Trinajstić information content (AvgIpc) is 3.17. The van der Waals surface area contributed by atoms with Gasteiger partial charge in [-0.05, 0) is 23.8 Å². The maximum Gasteiger partial charge on any atom is 0.224 e. The number of aromatic nitrogens is 3. The van der Waals surface area contributed by atoms with Gasteiger partial charge in [0, 0.05) is 29.5 Å². The van der Waals surface area contributed by atoms with E-state index < -0.39 is 0 Å². The van der Waals surface area contributed by atoms with Crippen LogP contribution < -0.4 is 5.32 Å². The number of imidazole rings is 1. The van der Waals surface area contributed by atoms with E-state index in [-0.39, 0.29) is 5.91 Å². The molecule has 0 atom stereocenters. The van der Waals surface area contributed by atoms with Crippen LogP contribution in [0.5, 0.6) is 0 Å². The molecule has 4 rings (SSSR count). The number of hydrogen-bond donors (Lipinski definition) is 2. The van der Waals surface area contributed by atoms with Crippen LogP contribution in [0.3, 0.4) is 0 Å². The van der Waals surface area contributed by atoms with Crippen LogP contribution in [0.4, 0.5) is 0 Å². The number of benzene rings is 1. The van der Waals surface area contributed by atoms with Crippen molar-refractivity contribution < 1.29 is 4.79 Å². The predicted octanol–water partition coefficient (Wildman–Crippen LogP) is 2.67. The fourth-order valence-electron chi connectivity index (χ4n) is 2.77. The zero-order valence-corrected chi connectivity index (χ0v) is 12.5. The van der Waals surface area contributed by atoms with Crippen molar-refractivity contribution in [2.24, 2.45) is 0 Å². The van der Waals surface area contributed by atoms with Crippen molar-refractivity contribution in [3.05, 3.63) is 72.3 Å². The van der Waals surface area contributed by atoms with Crippen LogP contribution in [-0.4, -0.2) is 20.3 Å². The third-order valence-corrected chi connectivity index (χ3v) is 3.91. The Labute approximate surface area is 133 Å². The molecule has 5 nitrogen and oxygen atoms in total. The van der Waals surface area contributed by atoms with Crippen molar-refractivity contribution in [3.8, 4) is 0 Å². The van der Waals surface area contributed by atoms with E-state index in [0.29, 0.717) is 13.0 Å². The normalized spacial score (nSPS) is 11.1. The summed E-state index contributed by atoms with van der Waals surface area (Å²) in [5.41, 5.74) is 3.79. The van der Waals surface area contributed by atoms with Gasteiger partial charge in [0.25, 0.3) is 0 Å². The smallest absolute Gasteiger partial charge is 0.224 e. The highest BCUT2D eigenvalue weighted by molar-refractivity contribution is 5.88. The lowest BCUT2D eigenvalue weighted by atomic mass is 10.1. The number of carbonyl (C=O) groups is 1. The van der Waals surface area contributed by atoms with E-state index in [2.05, 4.69) is 15.3 Å². The summed E-state index contributed by atoms with van der Waals surface area (Å²) in [4.78, 5) is 19.8. The van der Waals surface area contributed by atoms with Gasteiger partial charge < -0.3 is 14.7 Å².